The highest BCUT2D eigenvalue weighted by Crippen LogP contribution is 2.12. The van der Waals surface area contributed by atoms with Crippen LogP contribution in [-0.2, 0) is 0 Å². The summed E-state index contributed by atoms with van der Waals surface area (Å²) in [5.74, 6) is 0. The first-order chi connectivity index (χ1) is 5.20. The molecule has 2 heteroatoms. The fourth-order valence-electron chi connectivity index (χ4n) is 1.52. The van der Waals surface area contributed by atoms with Crippen LogP contribution in [0.25, 0.3) is 0 Å². The lowest BCUT2D eigenvalue weighted by molar-refractivity contribution is 0.344. The van der Waals surface area contributed by atoms with Gasteiger partial charge in [0, 0.05) is 24.8 Å². The molecule has 0 unspecified atom stereocenters. The predicted molar refractivity (Wildman–Crippen MR) is 48.2 cm³/mol. The van der Waals surface area contributed by atoms with Gasteiger partial charge in [-0.2, -0.15) is 0 Å². The SMILES string of the molecule is C=C(C)N1CCCC[C@H](N)C1. The summed E-state index contributed by atoms with van der Waals surface area (Å²) in [5.41, 5.74) is 7.04. The van der Waals surface area contributed by atoms with Gasteiger partial charge < -0.3 is 10.6 Å². The van der Waals surface area contributed by atoms with Crippen molar-refractivity contribution in [2.45, 2.75) is 32.2 Å². The number of nitrogens with zero attached hydrogens (tertiary/aromatic N) is 1. The summed E-state index contributed by atoms with van der Waals surface area (Å²) in [6.45, 7) is 8.12. The molecule has 2 N–H and O–H groups in total. The Labute approximate surface area is 69.1 Å². The standard InChI is InChI=1S/C9H18N2/c1-8(2)11-6-4-3-5-9(10)7-11/h9H,1,3-7,10H2,2H3/t9-/m0/s1. The Morgan fingerprint density at radius 1 is 1.55 bits per heavy atom. The van der Waals surface area contributed by atoms with Crippen LogP contribution in [-0.4, -0.2) is 24.0 Å². The highest BCUT2D eigenvalue weighted by atomic mass is 15.1. The summed E-state index contributed by atoms with van der Waals surface area (Å²) < 4.78 is 0. The first-order valence-corrected chi connectivity index (χ1v) is 4.36. The second-order valence-electron chi connectivity index (χ2n) is 3.44. The highest BCUT2D eigenvalue weighted by molar-refractivity contribution is 4.91. The Morgan fingerprint density at radius 2 is 2.27 bits per heavy atom. The monoisotopic (exact) mass is 154 g/mol. The maximum Gasteiger partial charge on any atom is 0.0326 e. The average molecular weight is 154 g/mol. The largest absolute Gasteiger partial charge is 0.374 e. The molecule has 0 aromatic carbocycles. The molecule has 0 spiro atoms. The van der Waals surface area contributed by atoms with Crippen LogP contribution >= 0.6 is 0 Å². The maximum absolute atomic E-state index is 5.88. The van der Waals surface area contributed by atoms with Gasteiger partial charge in [0.1, 0.15) is 0 Å². The molecular formula is C9H18N2. The van der Waals surface area contributed by atoms with Gasteiger partial charge in [0.05, 0.1) is 0 Å². The molecule has 0 amide bonds. The lowest BCUT2D eigenvalue weighted by Gasteiger charge is -2.24. The molecule has 0 bridgehead atoms. The van der Waals surface area contributed by atoms with E-state index in [4.69, 9.17) is 5.73 Å². The van der Waals surface area contributed by atoms with Crippen molar-refractivity contribution in [2.24, 2.45) is 5.73 Å². The summed E-state index contributed by atoms with van der Waals surface area (Å²) >= 11 is 0. The van der Waals surface area contributed by atoms with Crippen LogP contribution < -0.4 is 5.73 Å². The third-order valence-electron chi connectivity index (χ3n) is 2.25. The highest BCUT2D eigenvalue weighted by Gasteiger charge is 2.13. The molecule has 0 radical (unpaired) electrons. The van der Waals surface area contributed by atoms with E-state index in [0.29, 0.717) is 6.04 Å². The number of nitrogens with two attached hydrogens (primary N) is 1. The molecule has 0 aliphatic carbocycles. The van der Waals surface area contributed by atoms with E-state index in [0.717, 1.165) is 18.8 Å². The third-order valence-corrected chi connectivity index (χ3v) is 2.25. The molecule has 1 fully saturated rings. The third kappa shape index (κ3) is 2.54. The van der Waals surface area contributed by atoms with Crippen LogP contribution in [0.5, 0.6) is 0 Å². The van der Waals surface area contributed by atoms with Gasteiger partial charge in [-0.25, -0.2) is 0 Å². The normalized spacial score (nSPS) is 26.4. The topological polar surface area (TPSA) is 29.3 Å². The lowest BCUT2D eigenvalue weighted by atomic mass is 10.2. The zero-order valence-corrected chi connectivity index (χ0v) is 7.34. The summed E-state index contributed by atoms with van der Waals surface area (Å²) in [7, 11) is 0. The summed E-state index contributed by atoms with van der Waals surface area (Å²) in [6, 6.07) is 0.356. The molecule has 2 nitrogen and oxygen atoms in total. The number of allylic oxidation sites excluding steroid dienone is 1. The number of rotatable bonds is 1. The van der Waals surface area contributed by atoms with E-state index in [1.54, 1.807) is 0 Å². The van der Waals surface area contributed by atoms with Gasteiger partial charge in [0.25, 0.3) is 0 Å². The fourth-order valence-corrected chi connectivity index (χ4v) is 1.52. The van der Waals surface area contributed by atoms with Gasteiger partial charge in [0.15, 0.2) is 0 Å². The van der Waals surface area contributed by atoms with Gasteiger partial charge in [-0.15, -0.1) is 0 Å². The lowest BCUT2D eigenvalue weighted by Crippen LogP contribution is -2.34. The molecule has 1 aliphatic rings. The molecule has 1 heterocycles. The van der Waals surface area contributed by atoms with Crippen molar-refractivity contribution in [1.29, 1.82) is 0 Å². The second kappa shape index (κ2) is 3.77. The average Bonchev–Trinajstić information content (AvgIpc) is 2.13. The minimum atomic E-state index is 0.356. The quantitative estimate of drug-likeness (QED) is 0.617. The molecule has 0 aromatic heterocycles. The van der Waals surface area contributed by atoms with E-state index in [2.05, 4.69) is 18.4 Å². The van der Waals surface area contributed by atoms with Crippen molar-refractivity contribution in [3.05, 3.63) is 12.3 Å². The minimum absolute atomic E-state index is 0.356. The van der Waals surface area contributed by atoms with Crippen LogP contribution in [0.4, 0.5) is 0 Å². The molecule has 64 valence electrons. The van der Waals surface area contributed by atoms with Gasteiger partial charge >= 0.3 is 0 Å². The van der Waals surface area contributed by atoms with E-state index in [1.807, 2.05) is 0 Å². The Balaban J connectivity index is 2.45. The Bertz CT molecular complexity index is 142. The van der Waals surface area contributed by atoms with Crippen molar-refractivity contribution in [3.63, 3.8) is 0 Å². The van der Waals surface area contributed by atoms with Gasteiger partial charge in [0.2, 0.25) is 0 Å². The summed E-state index contributed by atoms with van der Waals surface area (Å²) in [6.07, 6.45) is 3.70. The zero-order chi connectivity index (χ0) is 8.27. The van der Waals surface area contributed by atoms with E-state index in [9.17, 15) is 0 Å². The van der Waals surface area contributed by atoms with Crippen molar-refractivity contribution in [3.8, 4) is 0 Å². The van der Waals surface area contributed by atoms with E-state index in [-0.39, 0.29) is 0 Å². The van der Waals surface area contributed by atoms with Gasteiger partial charge in [-0.1, -0.05) is 13.0 Å². The van der Waals surface area contributed by atoms with E-state index >= 15 is 0 Å². The molecule has 1 saturated heterocycles. The van der Waals surface area contributed by atoms with Crippen molar-refractivity contribution < 1.29 is 0 Å². The number of hydrogen-bond donors (Lipinski definition) is 1. The van der Waals surface area contributed by atoms with Crippen molar-refractivity contribution in [2.75, 3.05) is 13.1 Å². The smallest absolute Gasteiger partial charge is 0.0326 e. The fraction of sp³-hybridized carbons (Fsp3) is 0.778. The Kier molecular flexibility index (Phi) is 2.94. The van der Waals surface area contributed by atoms with E-state index in [1.165, 1.54) is 19.3 Å². The van der Waals surface area contributed by atoms with E-state index < -0.39 is 0 Å². The molecule has 1 rings (SSSR count). The number of likely N-dealkylation sites (tertiary alicyclic amines) is 1. The molecule has 0 aromatic rings. The predicted octanol–water partition coefficient (Wildman–Crippen LogP) is 1.33. The molecular weight excluding hydrogens is 136 g/mol. The number of hydrogen-bond acceptors (Lipinski definition) is 2. The van der Waals surface area contributed by atoms with Crippen LogP contribution in [0.15, 0.2) is 12.3 Å². The van der Waals surface area contributed by atoms with Crippen LogP contribution in [0, 0.1) is 0 Å². The van der Waals surface area contributed by atoms with Crippen molar-refractivity contribution in [1.82, 2.24) is 4.90 Å². The second-order valence-corrected chi connectivity index (χ2v) is 3.44. The minimum Gasteiger partial charge on any atom is -0.374 e. The van der Waals surface area contributed by atoms with Crippen molar-refractivity contribution >= 4 is 0 Å². The first-order valence-electron chi connectivity index (χ1n) is 4.36. The zero-order valence-electron chi connectivity index (χ0n) is 7.34. The summed E-state index contributed by atoms with van der Waals surface area (Å²) in [4.78, 5) is 2.29. The maximum atomic E-state index is 5.88. The molecule has 11 heavy (non-hydrogen) atoms. The Hall–Kier alpha value is -0.500. The molecule has 1 aliphatic heterocycles. The summed E-state index contributed by atoms with van der Waals surface area (Å²) in [5, 5.41) is 0. The van der Waals surface area contributed by atoms with Crippen LogP contribution in [0.1, 0.15) is 26.2 Å². The molecule has 1 atom stereocenters. The van der Waals surface area contributed by atoms with Gasteiger partial charge in [-0.3, -0.25) is 0 Å². The van der Waals surface area contributed by atoms with Gasteiger partial charge in [-0.05, 0) is 19.8 Å². The van der Waals surface area contributed by atoms with Crippen LogP contribution in [0.3, 0.4) is 0 Å². The Morgan fingerprint density at radius 3 is 2.91 bits per heavy atom. The van der Waals surface area contributed by atoms with Crippen LogP contribution in [0.2, 0.25) is 0 Å². The first kappa shape index (κ1) is 8.60. The molecule has 0 saturated carbocycles.